The first-order chi connectivity index (χ1) is 7.67. The monoisotopic (exact) mass is 219 g/mol. The van der Waals surface area contributed by atoms with E-state index in [-0.39, 0.29) is 0 Å². The lowest BCUT2D eigenvalue weighted by Crippen LogP contribution is -2.03. The van der Waals surface area contributed by atoms with E-state index in [1.54, 1.807) is 7.11 Å². The number of nitrogens with two attached hydrogens (primary N) is 1. The van der Waals surface area contributed by atoms with Crippen LogP contribution in [0.15, 0.2) is 18.2 Å². The third kappa shape index (κ3) is 1.65. The molecule has 0 saturated heterocycles. The second kappa shape index (κ2) is 4.14. The molecule has 4 nitrogen and oxygen atoms in total. The highest BCUT2D eigenvalue weighted by Crippen LogP contribution is 2.26. The number of nitrogens with zero attached hydrogens (tertiary/aromatic N) is 2. The molecule has 0 unspecified atom stereocenters. The number of aromatic nitrogens is 2. The smallest absolute Gasteiger partial charge is 0.297 e. The van der Waals surface area contributed by atoms with Crippen LogP contribution in [0.1, 0.15) is 25.5 Å². The maximum atomic E-state index is 5.61. The van der Waals surface area contributed by atoms with Gasteiger partial charge in [0, 0.05) is 12.6 Å². The third-order valence-electron chi connectivity index (χ3n) is 2.66. The van der Waals surface area contributed by atoms with Crippen LogP contribution in [-0.2, 0) is 6.54 Å². The van der Waals surface area contributed by atoms with E-state index in [1.807, 2.05) is 18.2 Å². The number of imidazole rings is 1. The first-order valence-corrected chi connectivity index (χ1v) is 5.42. The summed E-state index contributed by atoms with van der Waals surface area (Å²) in [6.07, 6.45) is 0. The van der Waals surface area contributed by atoms with Crippen molar-refractivity contribution in [2.75, 3.05) is 7.11 Å². The highest BCUT2D eigenvalue weighted by molar-refractivity contribution is 5.77. The topological polar surface area (TPSA) is 53.1 Å². The largest absolute Gasteiger partial charge is 0.468 e. The van der Waals surface area contributed by atoms with Crippen LogP contribution in [0.3, 0.4) is 0 Å². The minimum atomic E-state index is 0.323. The second-order valence-corrected chi connectivity index (χ2v) is 4.09. The van der Waals surface area contributed by atoms with Crippen LogP contribution >= 0.6 is 0 Å². The molecule has 1 aromatic carbocycles. The van der Waals surface area contributed by atoms with Crippen molar-refractivity contribution in [1.29, 1.82) is 0 Å². The van der Waals surface area contributed by atoms with Crippen molar-refractivity contribution in [2.45, 2.75) is 26.4 Å². The molecular weight excluding hydrogens is 202 g/mol. The van der Waals surface area contributed by atoms with Gasteiger partial charge in [-0.25, -0.2) is 0 Å². The zero-order chi connectivity index (χ0) is 11.7. The predicted octanol–water partition coefficient (Wildman–Crippen LogP) is 2.08. The number of benzene rings is 1. The number of hydrogen-bond donors (Lipinski definition) is 1. The molecule has 0 aliphatic heterocycles. The molecule has 86 valence electrons. The summed E-state index contributed by atoms with van der Waals surface area (Å²) in [5, 5.41) is 0. The number of fused-ring (bicyclic) bond motifs is 1. The first-order valence-electron chi connectivity index (χ1n) is 5.42. The van der Waals surface area contributed by atoms with Gasteiger partial charge in [-0.3, -0.25) is 4.57 Å². The standard InChI is InChI=1S/C12H17N3O/c1-8(2)15-11-5-4-9(7-13)6-10(11)14-12(15)16-3/h4-6,8H,7,13H2,1-3H3. The Bertz CT molecular complexity index is 502. The first kappa shape index (κ1) is 11.0. The lowest BCUT2D eigenvalue weighted by molar-refractivity contribution is 0.350. The summed E-state index contributed by atoms with van der Waals surface area (Å²) in [7, 11) is 1.64. The average molecular weight is 219 g/mol. The van der Waals surface area contributed by atoms with Gasteiger partial charge in [-0.05, 0) is 31.5 Å². The Morgan fingerprint density at radius 2 is 2.19 bits per heavy atom. The molecule has 2 rings (SSSR count). The summed E-state index contributed by atoms with van der Waals surface area (Å²) in [4.78, 5) is 4.45. The van der Waals surface area contributed by atoms with Crippen molar-refractivity contribution in [1.82, 2.24) is 9.55 Å². The highest BCUT2D eigenvalue weighted by Gasteiger charge is 2.13. The Labute approximate surface area is 95.0 Å². The Kier molecular flexibility index (Phi) is 2.83. The highest BCUT2D eigenvalue weighted by atomic mass is 16.5. The molecule has 0 aliphatic rings. The van der Waals surface area contributed by atoms with Gasteiger partial charge in [0.25, 0.3) is 6.01 Å². The van der Waals surface area contributed by atoms with Crippen LogP contribution in [0.2, 0.25) is 0 Å². The molecule has 0 fully saturated rings. The Morgan fingerprint density at radius 3 is 2.75 bits per heavy atom. The van der Waals surface area contributed by atoms with Crippen molar-refractivity contribution >= 4 is 11.0 Å². The fourth-order valence-corrected chi connectivity index (χ4v) is 1.89. The lowest BCUT2D eigenvalue weighted by atomic mass is 10.2. The van der Waals surface area contributed by atoms with Crippen molar-refractivity contribution in [3.8, 4) is 6.01 Å². The van der Waals surface area contributed by atoms with E-state index in [4.69, 9.17) is 10.5 Å². The van der Waals surface area contributed by atoms with E-state index in [0.29, 0.717) is 18.6 Å². The van der Waals surface area contributed by atoms with Gasteiger partial charge in [-0.15, -0.1) is 0 Å². The van der Waals surface area contributed by atoms with Crippen molar-refractivity contribution in [3.05, 3.63) is 23.8 Å². The summed E-state index contributed by atoms with van der Waals surface area (Å²) in [5.41, 5.74) is 8.72. The number of ether oxygens (including phenoxy) is 1. The third-order valence-corrected chi connectivity index (χ3v) is 2.66. The number of hydrogen-bond acceptors (Lipinski definition) is 3. The molecule has 0 spiro atoms. The van der Waals surface area contributed by atoms with Crippen LogP contribution in [0.5, 0.6) is 6.01 Å². The zero-order valence-electron chi connectivity index (χ0n) is 9.90. The molecule has 0 radical (unpaired) electrons. The molecule has 0 atom stereocenters. The second-order valence-electron chi connectivity index (χ2n) is 4.09. The molecule has 0 bridgehead atoms. The van der Waals surface area contributed by atoms with E-state index >= 15 is 0 Å². The Balaban J connectivity index is 2.67. The van der Waals surface area contributed by atoms with Gasteiger partial charge < -0.3 is 10.5 Å². The van der Waals surface area contributed by atoms with Gasteiger partial charge in [0.1, 0.15) is 0 Å². The van der Waals surface area contributed by atoms with Gasteiger partial charge >= 0.3 is 0 Å². The van der Waals surface area contributed by atoms with Gasteiger partial charge in [-0.2, -0.15) is 4.98 Å². The summed E-state index contributed by atoms with van der Waals surface area (Å²) in [6.45, 7) is 4.76. The quantitative estimate of drug-likeness (QED) is 0.860. The van der Waals surface area contributed by atoms with Crippen molar-refractivity contribution in [2.24, 2.45) is 5.73 Å². The van der Waals surface area contributed by atoms with Gasteiger partial charge in [0.05, 0.1) is 18.1 Å². The van der Waals surface area contributed by atoms with Crippen molar-refractivity contribution in [3.63, 3.8) is 0 Å². The minimum absolute atomic E-state index is 0.323. The molecule has 4 heteroatoms. The minimum Gasteiger partial charge on any atom is -0.468 e. The van der Waals surface area contributed by atoms with Crippen molar-refractivity contribution < 1.29 is 4.74 Å². The van der Waals surface area contributed by atoms with Gasteiger partial charge in [0.15, 0.2) is 0 Å². The summed E-state index contributed by atoms with van der Waals surface area (Å²) < 4.78 is 7.36. The molecular formula is C12H17N3O. The number of methoxy groups -OCH3 is 1. The fraction of sp³-hybridized carbons (Fsp3) is 0.417. The molecule has 2 aromatic rings. The van der Waals surface area contributed by atoms with Crippen LogP contribution in [0.4, 0.5) is 0 Å². The molecule has 0 saturated carbocycles. The maximum absolute atomic E-state index is 5.61. The van der Waals surface area contributed by atoms with Crippen LogP contribution in [0, 0.1) is 0 Å². The number of rotatable bonds is 3. The predicted molar refractivity (Wildman–Crippen MR) is 64.6 cm³/mol. The van der Waals surface area contributed by atoms with E-state index in [1.165, 1.54) is 0 Å². The van der Waals surface area contributed by atoms with Gasteiger partial charge in [-0.1, -0.05) is 6.07 Å². The Morgan fingerprint density at radius 1 is 1.44 bits per heavy atom. The normalized spacial score (nSPS) is 11.3. The van der Waals surface area contributed by atoms with Crippen LogP contribution in [0.25, 0.3) is 11.0 Å². The molecule has 0 aliphatic carbocycles. The van der Waals surface area contributed by atoms with Crippen LogP contribution < -0.4 is 10.5 Å². The fourth-order valence-electron chi connectivity index (χ4n) is 1.89. The van der Waals surface area contributed by atoms with Gasteiger partial charge in [0.2, 0.25) is 0 Å². The Hall–Kier alpha value is -1.55. The van der Waals surface area contributed by atoms with Crippen LogP contribution in [-0.4, -0.2) is 16.7 Å². The average Bonchev–Trinajstić information content (AvgIpc) is 2.65. The molecule has 1 heterocycles. The van der Waals surface area contributed by atoms with E-state index in [9.17, 15) is 0 Å². The molecule has 1 aromatic heterocycles. The van der Waals surface area contributed by atoms with E-state index in [0.717, 1.165) is 16.6 Å². The van der Waals surface area contributed by atoms with E-state index < -0.39 is 0 Å². The van der Waals surface area contributed by atoms with E-state index in [2.05, 4.69) is 23.4 Å². The zero-order valence-corrected chi connectivity index (χ0v) is 9.90. The molecule has 2 N–H and O–H groups in total. The lowest BCUT2D eigenvalue weighted by Gasteiger charge is -2.11. The molecule has 16 heavy (non-hydrogen) atoms. The molecule has 0 amide bonds. The summed E-state index contributed by atoms with van der Waals surface area (Å²) in [5.74, 6) is 0. The summed E-state index contributed by atoms with van der Waals surface area (Å²) >= 11 is 0. The summed E-state index contributed by atoms with van der Waals surface area (Å²) in [6, 6.07) is 7.06. The SMILES string of the molecule is COc1nc2cc(CN)ccc2n1C(C)C. The maximum Gasteiger partial charge on any atom is 0.297 e.